The summed E-state index contributed by atoms with van der Waals surface area (Å²) in [5, 5.41) is 9.14. The second-order valence-electron chi connectivity index (χ2n) is 4.19. The van der Waals surface area contributed by atoms with E-state index < -0.39 is 12.1 Å². The van der Waals surface area contributed by atoms with Gasteiger partial charge in [-0.1, -0.05) is 25.1 Å². The van der Waals surface area contributed by atoms with Crippen LogP contribution in [0.1, 0.15) is 31.7 Å². The molecule has 0 aliphatic heterocycles. The average molecular weight is 251 g/mol. The summed E-state index contributed by atoms with van der Waals surface area (Å²) >= 11 is 0. The van der Waals surface area contributed by atoms with Crippen LogP contribution in [0.25, 0.3) is 0 Å². The number of unbranched alkanes of at least 4 members (excludes halogenated alkanes) is 1. The Morgan fingerprint density at radius 3 is 2.72 bits per heavy atom. The van der Waals surface area contributed by atoms with Gasteiger partial charge >= 0.3 is 5.97 Å². The number of carboxylic acid groups (broad SMARTS) is 1. The Balaban J connectivity index is 2.67. The van der Waals surface area contributed by atoms with Crippen molar-refractivity contribution < 1.29 is 14.6 Å². The number of hydrogen-bond donors (Lipinski definition) is 2. The summed E-state index contributed by atoms with van der Waals surface area (Å²) in [6.45, 7) is 2.60. The number of aliphatic carboxylic acids is 1. The van der Waals surface area contributed by atoms with Gasteiger partial charge in [-0.3, -0.25) is 0 Å². The van der Waals surface area contributed by atoms with Gasteiger partial charge in [0.25, 0.3) is 0 Å². The van der Waals surface area contributed by atoms with Gasteiger partial charge < -0.3 is 15.6 Å². The molecule has 0 saturated heterocycles. The summed E-state index contributed by atoms with van der Waals surface area (Å²) in [5.41, 5.74) is 6.43. The lowest BCUT2D eigenvalue weighted by Crippen LogP contribution is -2.27. The van der Waals surface area contributed by atoms with Crippen LogP contribution < -0.4 is 10.5 Å². The van der Waals surface area contributed by atoms with Gasteiger partial charge in [-0.15, -0.1) is 0 Å². The number of hydrogen-bond acceptors (Lipinski definition) is 3. The SMILES string of the molecule is CCc1ccccc1OC(CCCCN)C(=O)O. The molecule has 1 rings (SSSR count). The number of carboxylic acids is 1. The number of nitrogens with two attached hydrogens (primary N) is 1. The lowest BCUT2D eigenvalue weighted by Gasteiger charge is -2.17. The van der Waals surface area contributed by atoms with Crippen molar-refractivity contribution in [2.75, 3.05) is 6.54 Å². The fourth-order valence-electron chi connectivity index (χ4n) is 1.77. The van der Waals surface area contributed by atoms with E-state index in [2.05, 4.69) is 0 Å². The molecule has 4 heteroatoms. The molecule has 0 aliphatic carbocycles. The molecule has 1 aromatic carbocycles. The maximum Gasteiger partial charge on any atom is 0.344 e. The molecule has 4 nitrogen and oxygen atoms in total. The van der Waals surface area contributed by atoms with E-state index in [0.29, 0.717) is 18.7 Å². The van der Waals surface area contributed by atoms with Crippen LogP contribution in [0.5, 0.6) is 5.75 Å². The Labute approximate surface area is 108 Å². The molecule has 0 fully saturated rings. The third kappa shape index (κ3) is 4.37. The van der Waals surface area contributed by atoms with Crippen molar-refractivity contribution in [2.45, 2.75) is 38.7 Å². The second kappa shape index (κ2) is 7.71. The highest BCUT2D eigenvalue weighted by Gasteiger charge is 2.19. The first-order valence-corrected chi connectivity index (χ1v) is 6.36. The Bertz CT molecular complexity index is 379. The van der Waals surface area contributed by atoms with Crippen molar-refractivity contribution in [3.8, 4) is 5.75 Å². The molecule has 1 unspecified atom stereocenters. The molecule has 0 amide bonds. The van der Waals surface area contributed by atoms with Crippen molar-refractivity contribution in [3.05, 3.63) is 29.8 Å². The van der Waals surface area contributed by atoms with E-state index in [-0.39, 0.29) is 0 Å². The summed E-state index contributed by atoms with van der Waals surface area (Å²) in [5.74, 6) is -0.252. The van der Waals surface area contributed by atoms with Crippen molar-refractivity contribution in [2.24, 2.45) is 5.73 Å². The molecule has 0 aliphatic rings. The Hall–Kier alpha value is -1.55. The predicted octanol–water partition coefficient (Wildman–Crippen LogP) is 2.21. The van der Waals surface area contributed by atoms with Crippen LogP contribution in [0.3, 0.4) is 0 Å². The molecule has 0 aromatic heterocycles. The van der Waals surface area contributed by atoms with Gasteiger partial charge in [0.05, 0.1) is 0 Å². The van der Waals surface area contributed by atoms with Crippen LogP contribution in [-0.4, -0.2) is 23.7 Å². The highest BCUT2D eigenvalue weighted by atomic mass is 16.5. The summed E-state index contributed by atoms with van der Waals surface area (Å²) in [4.78, 5) is 11.1. The summed E-state index contributed by atoms with van der Waals surface area (Å²) in [6.07, 6.45) is 2.12. The van der Waals surface area contributed by atoms with E-state index in [1.165, 1.54) is 0 Å². The standard InChI is InChI=1S/C14H21NO3/c1-2-11-7-3-4-8-12(11)18-13(14(16)17)9-5-6-10-15/h3-4,7-8,13H,2,5-6,9-10,15H2,1H3,(H,16,17). The molecule has 18 heavy (non-hydrogen) atoms. The second-order valence-corrected chi connectivity index (χ2v) is 4.19. The summed E-state index contributed by atoms with van der Waals surface area (Å²) in [7, 11) is 0. The van der Waals surface area contributed by atoms with Crippen LogP contribution in [0, 0.1) is 0 Å². The monoisotopic (exact) mass is 251 g/mol. The molecule has 1 aromatic rings. The fourth-order valence-corrected chi connectivity index (χ4v) is 1.77. The molecule has 0 saturated carbocycles. The molecular weight excluding hydrogens is 230 g/mol. The van der Waals surface area contributed by atoms with Gasteiger partial charge in [0, 0.05) is 0 Å². The van der Waals surface area contributed by atoms with Crippen LogP contribution in [0.2, 0.25) is 0 Å². The third-order valence-electron chi connectivity index (χ3n) is 2.82. The lowest BCUT2D eigenvalue weighted by molar-refractivity contribution is -0.145. The lowest BCUT2D eigenvalue weighted by atomic mass is 10.1. The van der Waals surface area contributed by atoms with Gasteiger partial charge in [-0.25, -0.2) is 4.79 Å². The molecule has 3 N–H and O–H groups in total. The minimum atomic E-state index is -0.919. The van der Waals surface area contributed by atoms with Crippen molar-refractivity contribution in [1.82, 2.24) is 0 Å². The topological polar surface area (TPSA) is 72.5 Å². The summed E-state index contributed by atoms with van der Waals surface area (Å²) in [6, 6.07) is 7.55. The fraction of sp³-hybridized carbons (Fsp3) is 0.500. The molecule has 0 spiro atoms. The number of benzene rings is 1. The zero-order valence-corrected chi connectivity index (χ0v) is 10.8. The van der Waals surface area contributed by atoms with Crippen LogP contribution in [0.15, 0.2) is 24.3 Å². The predicted molar refractivity (Wildman–Crippen MR) is 70.8 cm³/mol. The minimum Gasteiger partial charge on any atom is -0.479 e. The first-order chi connectivity index (χ1) is 8.69. The largest absolute Gasteiger partial charge is 0.479 e. The highest BCUT2D eigenvalue weighted by molar-refractivity contribution is 5.72. The zero-order valence-electron chi connectivity index (χ0n) is 10.8. The van der Waals surface area contributed by atoms with Gasteiger partial charge in [-0.2, -0.15) is 0 Å². The highest BCUT2D eigenvalue weighted by Crippen LogP contribution is 2.21. The Kier molecular flexibility index (Phi) is 6.22. The Morgan fingerprint density at radius 1 is 1.39 bits per heavy atom. The number of carbonyl (C=O) groups is 1. The van der Waals surface area contributed by atoms with Crippen molar-refractivity contribution >= 4 is 5.97 Å². The van der Waals surface area contributed by atoms with Crippen molar-refractivity contribution in [3.63, 3.8) is 0 Å². The molecule has 0 bridgehead atoms. The van der Waals surface area contributed by atoms with Crippen LogP contribution in [0.4, 0.5) is 0 Å². The van der Waals surface area contributed by atoms with Gasteiger partial charge in [0.1, 0.15) is 5.75 Å². The normalized spacial score (nSPS) is 12.1. The van der Waals surface area contributed by atoms with E-state index in [1.54, 1.807) is 0 Å². The maximum atomic E-state index is 11.1. The Morgan fingerprint density at radius 2 is 2.11 bits per heavy atom. The minimum absolute atomic E-state index is 0.491. The molecule has 0 radical (unpaired) electrons. The van der Waals surface area contributed by atoms with Gasteiger partial charge in [-0.05, 0) is 43.9 Å². The van der Waals surface area contributed by atoms with Gasteiger partial charge in [0.2, 0.25) is 0 Å². The third-order valence-corrected chi connectivity index (χ3v) is 2.82. The first-order valence-electron chi connectivity index (χ1n) is 6.36. The number of rotatable bonds is 8. The zero-order chi connectivity index (χ0) is 13.4. The number of para-hydroxylation sites is 1. The van der Waals surface area contributed by atoms with E-state index in [0.717, 1.165) is 24.8 Å². The smallest absolute Gasteiger partial charge is 0.344 e. The molecular formula is C14H21NO3. The van der Waals surface area contributed by atoms with E-state index in [9.17, 15) is 4.79 Å². The van der Waals surface area contributed by atoms with Crippen LogP contribution in [-0.2, 0) is 11.2 Å². The molecule has 1 atom stereocenters. The molecule has 100 valence electrons. The number of ether oxygens (including phenoxy) is 1. The first kappa shape index (κ1) is 14.5. The van der Waals surface area contributed by atoms with E-state index in [1.807, 2.05) is 31.2 Å². The van der Waals surface area contributed by atoms with Crippen LogP contribution >= 0.6 is 0 Å². The average Bonchev–Trinajstić information content (AvgIpc) is 2.38. The number of aryl methyl sites for hydroxylation is 1. The van der Waals surface area contributed by atoms with Crippen molar-refractivity contribution in [1.29, 1.82) is 0 Å². The molecule has 0 heterocycles. The quantitative estimate of drug-likeness (QED) is 0.695. The van der Waals surface area contributed by atoms with Gasteiger partial charge in [0.15, 0.2) is 6.10 Å². The van der Waals surface area contributed by atoms with E-state index >= 15 is 0 Å². The van der Waals surface area contributed by atoms with E-state index in [4.69, 9.17) is 15.6 Å². The summed E-state index contributed by atoms with van der Waals surface area (Å²) < 4.78 is 5.60. The maximum absolute atomic E-state index is 11.1.